The highest BCUT2D eigenvalue weighted by atomic mass is 16.6. The summed E-state index contributed by atoms with van der Waals surface area (Å²) in [5.74, 6) is -0.776. The minimum Gasteiger partial charge on any atom is -0.463 e. The summed E-state index contributed by atoms with van der Waals surface area (Å²) in [5.41, 5.74) is 5.78. The van der Waals surface area contributed by atoms with Gasteiger partial charge in [-0.25, -0.2) is 0 Å². The number of carbonyl (C=O) groups excluding carboxylic acids is 2. The summed E-state index contributed by atoms with van der Waals surface area (Å²) in [7, 11) is 0. The largest absolute Gasteiger partial charge is 0.463 e. The molecule has 2 N–H and O–H groups in total. The quantitative estimate of drug-likeness (QED) is 0.737. The number of rotatable bonds is 4. The Hall–Kier alpha value is -1.82. The second kappa shape index (κ2) is 5.88. The maximum absolute atomic E-state index is 11.1. The molecule has 0 aromatic carbocycles. The van der Waals surface area contributed by atoms with Crippen molar-refractivity contribution in [3.05, 3.63) is 36.9 Å². The van der Waals surface area contributed by atoms with Gasteiger partial charge in [0, 0.05) is 37.7 Å². The van der Waals surface area contributed by atoms with E-state index in [-0.39, 0.29) is 24.9 Å². The number of hydrogen-bond acceptors (Lipinski definition) is 5. The highest BCUT2D eigenvalue weighted by molar-refractivity contribution is 5.92. The SMILES string of the molecule is CC(=O)OC[C@H]1[CH][CH][C@H](N2C=CCC(C(N)=O)=C2)O1. The fraction of sp³-hybridized carbons (Fsp3) is 0.385. The molecular formula is C13H16N2O4. The zero-order valence-corrected chi connectivity index (χ0v) is 10.6. The van der Waals surface area contributed by atoms with Crippen molar-refractivity contribution in [2.75, 3.05) is 6.61 Å². The summed E-state index contributed by atoms with van der Waals surface area (Å²) in [6.45, 7) is 1.54. The van der Waals surface area contributed by atoms with Gasteiger partial charge in [0.15, 0.2) is 0 Å². The highest BCUT2D eigenvalue weighted by Gasteiger charge is 2.30. The molecule has 2 heterocycles. The third-order valence-electron chi connectivity index (χ3n) is 2.79. The lowest BCUT2D eigenvalue weighted by atomic mass is 10.1. The Morgan fingerprint density at radius 1 is 1.53 bits per heavy atom. The van der Waals surface area contributed by atoms with Crippen LogP contribution in [0, 0.1) is 12.8 Å². The number of amides is 1. The summed E-state index contributed by atoms with van der Waals surface area (Å²) < 4.78 is 10.5. The lowest BCUT2D eigenvalue weighted by molar-refractivity contribution is -0.145. The molecule has 0 spiro atoms. The van der Waals surface area contributed by atoms with Gasteiger partial charge in [-0.2, -0.15) is 0 Å². The first kappa shape index (κ1) is 13.6. The molecule has 1 amide bonds. The van der Waals surface area contributed by atoms with Crippen LogP contribution in [0.2, 0.25) is 0 Å². The van der Waals surface area contributed by atoms with Gasteiger partial charge in [0.25, 0.3) is 0 Å². The molecule has 0 saturated carbocycles. The van der Waals surface area contributed by atoms with E-state index in [4.69, 9.17) is 15.2 Å². The van der Waals surface area contributed by atoms with E-state index >= 15 is 0 Å². The first-order valence-corrected chi connectivity index (χ1v) is 5.98. The zero-order chi connectivity index (χ0) is 13.8. The molecule has 6 nitrogen and oxygen atoms in total. The van der Waals surface area contributed by atoms with E-state index in [1.165, 1.54) is 6.92 Å². The van der Waals surface area contributed by atoms with Gasteiger partial charge in [-0.3, -0.25) is 9.59 Å². The minimum absolute atomic E-state index is 0.187. The van der Waals surface area contributed by atoms with Crippen LogP contribution < -0.4 is 5.73 Å². The van der Waals surface area contributed by atoms with Gasteiger partial charge < -0.3 is 20.1 Å². The van der Waals surface area contributed by atoms with E-state index in [1.54, 1.807) is 11.1 Å². The predicted molar refractivity (Wildman–Crippen MR) is 66.8 cm³/mol. The van der Waals surface area contributed by atoms with Crippen LogP contribution in [0.5, 0.6) is 0 Å². The Morgan fingerprint density at radius 3 is 3.00 bits per heavy atom. The number of hydrogen-bond donors (Lipinski definition) is 1. The smallest absolute Gasteiger partial charge is 0.302 e. The molecule has 0 bridgehead atoms. The standard InChI is InChI=1S/C13H16N2O4/c1-9(16)18-8-11-4-5-12(19-11)15-6-2-3-10(7-15)13(14)17/h2,4-7,11-12H,3,8H2,1H3,(H2,14,17)/t11-,12-/m1/s1. The van der Waals surface area contributed by atoms with Crippen molar-refractivity contribution in [3.63, 3.8) is 0 Å². The first-order chi connectivity index (χ1) is 9.06. The van der Waals surface area contributed by atoms with Crippen LogP contribution in [0.25, 0.3) is 0 Å². The molecule has 102 valence electrons. The number of allylic oxidation sites excluding steroid dienone is 1. The summed E-state index contributed by atoms with van der Waals surface area (Å²) in [6.07, 6.45) is 8.96. The molecule has 1 fully saturated rings. The van der Waals surface area contributed by atoms with Crippen molar-refractivity contribution in [1.29, 1.82) is 0 Å². The number of nitrogens with two attached hydrogens (primary N) is 1. The molecule has 2 rings (SSSR count). The fourth-order valence-corrected chi connectivity index (χ4v) is 1.85. The lowest BCUT2D eigenvalue weighted by Gasteiger charge is -2.26. The normalized spacial score (nSPS) is 26.2. The van der Waals surface area contributed by atoms with E-state index in [0.717, 1.165) is 0 Å². The van der Waals surface area contributed by atoms with Crippen LogP contribution in [0.15, 0.2) is 24.0 Å². The Kier molecular flexibility index (Phi) is 4.21. The van der Waals surface area contributed by atoms with Crippen LogP contribution >= 0.6 is 0 Å². The van der Waals surface area contributed by atoms with Gasteiger partial charge in [-0.05, 0) is 6.42 Å². The maximum Gasteiger partial charge on any atom is 0.302 e. The number of carbonyl (C=O) groups is 2. The Balaban J connectivity index is 1.90. The molecular weight excluding hydrogens is 248 g/mol. The van der Waals surface area contributed by atoms with Crippen molar-refractivity contribution in [2.45, 2.75) is 25.7 Å². The first-order valence-electron chi connectivity index (χ1n) is 5.98. The molecule has 2 aliphatic heterocycles. The molecule has 2 aliphatic rings. The van der Waals surface area contributed by atoms with Gasteiger partial charge in [-0.15, -0.1) is 0 Å². The molecule has 0 aromatic rings. The van der Waals surface area contributed by atoms with E-state index in [0.29, 0.717) is 12.0 Å². The molecule has 2 radical (unpaired) electrons. The Morgan fingerprint density at radius 2 is 2.32 bits per heavy atom. The molecule has 6 heteroatoms. The molecule has 1 saturated heterocycles. The van der Waals surface area contributed by atoms with Crippen LogP contribution in [0.3, 0.4) is 0 Å². The van der Waals surface area contributed by atoms with Crippen molar-refractivity contribution < 1.29 is 19.1 Å². The minimum atomic E-state index is -0.437. The summed E-state index contributed by atoms with van der Waals surface area (Å²) in [6, 6.07) is 0. The average Bonchev–Trinajstić information content (AvgIpc) is 2.85. The molecule has 19 heavy (non-hydrogen) atoms. The zero-order valence-electron chi connectivity index (χ0n) is 10.6. The number of nitrogens with zero attached hydrogens (tertiary/aromatic N) is 1. The van der Waals surface area contributed by atoms with Crippen LogP contribution in [-0.4, -0.2) is 35.7 Å². The Bertz CT molecular complexity index is 430. The van der Waals surface area contributed by atoms with E-state index in [9.17, 15) is 9.59 Å². The molecule has 0 aliphatic carbocycles. The van der Waals surface area contributed by atoms with E-state index in [2.05, 4.69) is 0 Å². The van der Waals surface area contributed by atoms with Crippen LogP contribution in [0.4, 0.5) is 0 Å². The van der Waals surface area contributed by atoms with Gasteiger partial charge in [0.2, 0.25) is 5.91 Å². The lowest BCUT2D eigenvalue weighted by Crippen LogP contribution is -2.31. The van der Waals surface area contributed by atoms with Crippen molar-refractivity contribution in [2.24, 2.45) is 5.73 Å². The molecule has 0 unspecified atom stereocenters. The Labute approximate surface area is 111 Å². The second-order valence-electron chi connectivity index (χ2n) is 4.31. The highest BCUT2D eigenvalue weighted by Crippen LogP contribution is 2.24. The fourth-order valence-electron chi connectivity index (χ4n) is 1.85. The van der Waals surface area contributed by atoms with E-state index in [1.807, 2.05) is 25.1 Å². The summed E-state index contributed by atoms with van der Waals surface area (Å²) in [5, 5.41) is 0. The second-order valence-corrected chi connectivity index (χ2v) is 4.31. The summed E-state index contributed by atoms with van der Waals surface area (Å²) in [4.78, 5) is 23.6. The van der Waals surface area contributed by atoms with Gasteiger partial charge in [0.1, 0.15) is 12.8 Å². The number of ether oxygens (including phenoxy) is 2. The van der Waals surface area contributed by atoms with Crippen molar-refractivity contribution >= 4 is 11.9 Å². The monoisotopic (exact) mass is 264 g/mol. The molecule has 2 atom stereocenters. The van der Waals surface area contributed by atoms with Crippen molar-refractivity contribution in [3.8, 4) is 0 Å². The molecule has 0 aromatic heterocycles. The van der Waals surface area contributed by atoms with Gasteiger partial charge in [-0.1, -0.05) is 6.08 Å². The average molecular weight is 264 g/mol. The number of primary amides is 1. The van der Waals surface area contributed by atoms with Crippen LogP contribution in [-0.2, 0) is 19.1 Å². The predicted octanol–water partition coefficient (Wildman–Crippen LogP) is 0.272. The van der Waals surface area contributed by atoms with Crippen molar-refractivity contribution in [1.82, 2.24) is 4.90 Å². The van der Waals surface area contributed by atoms with Gasteiger partial charge >= 0.3 is 5.97 Å². The summed E-state index contributed by atoms with van der Waals surface area (Å²) >= 11 is 0. The third-order valence-corrected chi connectivity index (χ3v) is 2.79. The topological polar surface area (TPSA) is 81.9 Å². The third kappa shape index (κ3) is 3.57. The van der Waals surface area contributed by atoms with Crippen LogP contribution in [0.1, 0.15) is 13.3 Å². The maximum atomic E-state index is 11.1. The number of esters is 1. The van der Waals surface area contributed by atoms with Gasteiger partial charge in [0.05, 0.1) is 6.10 Å². The van der Waals surface area contributed by atoms with E-state index < -0.39 is 5.91 Å².